The summed E-state index contributed by atoms with van der Waals surface area (Å²) in [5.41, 5.74) is 1.56. The number of amides is 2. The van der Waals surface area contributed by atoms with Gasteiger partial charge in [0.05, 0.1) is 6.54 Å². The highest BCUT2D eigenvalue weighted by Gasteiger charge is 2.50. The van der Waals surface area contributed by atoms with Crippen LogP contribution >= 0.6 is 0 Å². The van der Waals surface area contributed by atoms with Crippen LogP contribution in [0.3, 0.4) is 0 Å². The molecule has 25 heavy (non-hydrogen) atoms. The summed E-state index contributed by atoms with van der Waals surface area (Å²) in [6, 6.07) is 6.90. The molecule has 0 unspecified atom stereocenters. The van der Waals surface area contributed by atoms with E-state index in [1.165, 1.54) is 6.92 Å². The number of carbonyl (C=O) groups is 2. The Hall–Kier alpha value is -2.02. The van der Waals surface area contributed by atoms with Crippen molar-refractivity contribution in [2.45, 2.75) is 38.3 Å². The third-order valence-corrected chi connectivity index (χ3v) is 5.00. The molecule has 1 N–H and O–H groups in total. The maximum absolute atomic E-state index is 13.8. The van der Waals surface area contributed by atoms with Gasteiger partial charge < -0.3 is 10.2 Å². The van der Waals surface area contributed by atoms with Crippen LogP contribution < -0.4 is 5.32 Å². The lowest BCUT2D eigenvalue weighted by molar-refractivity contribution is -0.119. The summed E-state index contributed by atoms with van der Waals surface area (Å²) in [6.07, 6.45) is -0.254. The Labute approximate surface area is 146 Å². The normalized spacial score (nSPS) is 23.4. The third-order valence-electron chi connectivity index (χ3n) is 5.00. The molecule has 3 rings (SSSR count). The Morgan fingerprint density at radius 1 is 1.28 bits per heavy atom. The van der Waals surface area contributed by atoms with E-state index in [4.69, 9.17) is 0 Å². The zero-order chi connectivity index (χ0) is 18.2. The molecule has 0 saturated carbocycles. The number of hydrogen-bond donors (Lipinski definition) is 1. The SMILES string of the molecule is CC(=O)NC[C@@H]1CC(F)(F)CN1C1CN(C(=O)c2ccccc2C)C1. The minimum atomic E-state index is -2.75. The van der Waals surface area contributed by atoms with Crippen molar-refractivity contribution in [3.8, 4) is 0 Å². The molecule has 1 aromatic rings. The topological polar surface area (TPSA) is 52.7 Å². The molecule has 5 nitrogen and oxygen atoms in total. The second-order valence-corrected chi connectivity index (χ2v) is 7.00. The first-order chi connectivity index (χ1) is 11.8. The molecule has 7 heteroatoms. The molecule has 0 spiro atoms. The van der Waals surface area contributed by atoms with Crippen molar-refractivity contribution >= 4 is 11.8 Å². The number of hydrogen-bond acceptors (Lipinski definition) is 3. The van der Waals surface area contributed by atoms with Gasteiger partial charge in [0, 0.05) is 50.6 Å². The first-order valence-electron chi connectivity index (χ1n) is 8.50. The van der Waals surface area contributed by atoms with Gasteiger partial charge in [0.25, 0.3) is 11.8 Å². The van der Waals surface area contributed by atoms with Crippen LogP contribution in [0.25, 0.3) is 0 Å². The van der Waals surface area contributed by atoms with Crippen LogP contribution in [0, 0.1) is 6.92 Å². The average molecular weight is 351 g/mol. The van der Waals surface area contributed by atoms with Crippen LogP contribution in [0.15, 0.2) is 24.3 Å². The summed E-state index contributed by atoms with van der Waals surface area (Å²) in [5.74, 6) is -3.03. The number of nitrogens with zero attached hydrogens (tertiary/aromatic N) is 2. The molecule has 0 bridgehead atoms. The van der Waals surface area contributed by atoms with Gasteiger partial charge in [-0.15, -0.1) is 0 Å². The molecule has 2 amide bonds. The summed E-state index contributed by atoms with van der Waals surface area (Å²) in [7, 11) is 0. The van der Waals surface area contributed by atoms with E-state index >= 15 is 0 Å². The smallest absolute Gasteiger partial charge is 0.262 e. The molecular formula is C18H23F2N3O2. The Balaban J connectivity index is 1.61. The molecule has 0 aromatic heterocycles. The summed E-state index contributed by atoms with van der Waals surface area (Å²) >= 11 is 0. The molecule has 0 radical (unpaired) electrons. The molecule has 2 heterocycles. The zero-order valence-corrected chi connectivity index (χ0v) is 14.5. The Bertz CT molecular complexity index is 674. The molecule has 1 atom stereocenters. The second kappa shape index (κ2) is 6.71. The van der Waals surface area contributed by atoms with Crippen molar-refractivity contribution in [3.63, 3.8) is 0 Å². The zero-order valence-electron chi connectivity index (χ0n) is 14.5. The average Bonchev–Trinajstić information content (AvgIpc) is 2.78. The summed E-state index contributed by atoms with van der Waals surface area (Å²) in [4.78, 5) is 27.1. The summed E-state index contributed by atoms with van der Waals surface area (Å²) in [6.45, 7) is 4.06. The molecule has 2 aliphatic rings. The number of halogens is 2. The largest absolute Gasteiger partial charge is 0.355 e. The van der Waals surface area contributed by atoms with Crippen molar-refractivity contribution in [1.29, 1.82) is 0 Å². The van der Waals surface area contributed by atoms with E-state index in [-0.39, 0.29) is 43.4 Å². The van der Waals surface area contributed by atoms with E-state index in [0.29, 0.717) is 18.7 Å². The minimum Gasteiger partial charge on any atom is -0.355 e. The predicted molar refractivity (Wildman–Crippen MR) is 89.6 cm³/mol. The standard InChI is InChI=1S/C18H23F2N3O2/c1-12-5-3-4-6-16(12)17(25)22-9-15(10-22)23-11-18(19,20)7-14(23)8-21-13(2)24/h3-6,14-15H,7-11H2,1-2H3,(H,21,24)/t14-/m0/s1. The second-order valence-electron chi connectivity index (χ2n) is 7.00. The van der Waals surface area contributed by atoms with E-state index in [1.807, 2.05) is 25.1 Å². The molecule has 0 aliphatic carbocycles. The van der Waals surface area contributed by atoms with Crippen LogP contribution in [0.1, 0.15) is 29.3 Å². The van der Waals surface area contributed by atoms with Gasteiger partial charge in [-0.25, -0.2) is 8.78 Å². The predicted octanol–water partition coefficient (Wildman–Crippen LogP) is 1.67. The van der Waals surface area contributed by atoms with Crippen molar-refractivity contribution in [3.05, 3.63) is 35.4 Å². The lowest BCUT2D eigenvalue weighted by Crippen LogP contribution is -2.63. The number of aryl methyl sites for hydroxylation is 1. The van der Waals surface area contributed by atoms with Gasteiger partial charge in [-0.3, -0.25) is 14.5 Å². The fourth-order valence-electron chi connectivity index (χ4n) is 3.62. The van der Waals surface area contributed by atoms with Crippen LogP contribution in [0.2, 0.25) is 0 Å². The first-order valence-corrected chi connectivity index (χ1v) is 8.50. The van der Waals surface area contributed by atoms with Gasteiger partial charge >= 0.3 is 0 Å². The number of benzene rings is 1. The van der Waals surface area contributed by atoms with E-state index in [0.717, 1.165) is 5.56 Å². The highest BCUT2D eigenvalue weighted by Crippen LogP contribution is 2.35. The van der Waals surface area contributed by atoms with E-state index < -0.39 is 5.92 Å². The lowest BCUT2D eigenvalue weighted by Gasteiger charge is -2.46. The van der Waals surface area contributed by atoms with Crippen LogP contribution in [-0.4, -0.2) is 65.8 Å². The van der Waals surface area contributed by atoms with Crippen molar-refractivity contribution < 1.29 is 18.4 Å². The van der Waals surface area contributed by atoms with Gasteiger partial charge in [-0.2, -0.15) is 0 Å². The molecule has 1 aromatic carbocycles. The van der Waals surface area contributed by atoms with Crippen LogP contribution in [-0.2, 0) is 4.79 Å². The number of nitrogens with one attached hydrogen (secondary N) is 1. The monoisotopic (exact) mass is 351 g/mol. The van der Waals surface area contributed by atoms with Crippen molar-refractivity contribution in [2.24, 2.45) is 0 Å². The van der Waals surface area contributed by atoms with E-state index in [1.54, 1.807) is 15.9 Å². The molecule has 2 saturated heterocycles. The summed E-state index contributed by atoms with van der Waals surface area (Å²) in [5, 5.41) is 2.63. The van der Waals surface area contributed by atoms with Crippen molar-refractivity contribution in [2.75, 3.05) is 26.2 Å². The molecule has 136 valence electrons. The van der Waals surface area contributed by atoms with Crippen molar-refractivity contribution in [1.82, 2.24) is 15.1 Å². The molecular weight excluding hydrogens is 328 g/mol. The maximum atomic E-state index is 13.8. The van der Waals surface area contributed by atoms with E-state index in [9.17, 15) is 18.4 Å². The van der Waals surface area contributed by atoms with Gasteiger partial charge in [-0.1, -0.05) is 18.2 Å². The highest BCUT2D eigenvalue weighted by molar-refractivity contribution is 5.96. The highest BCUT2D eigenvalue weighted by atomic mass is 19.3. The quantitative estimate of drug-likeness (QED) is 0.898. The molecule has 2 fully saturated rings. The Kier molecular flexibility index (Phi) is 4.77. The number of rotatable bonds is 4. The number of alkyl halides is 2. The fourth-order valence-corrected chi connectivity index (χ4v) is 3.62. The fraction of sp³-hybridized carbons (Fsp3) is 0.556. The van der Waals surface area contributed by atoms with Gasteiger partial charge in [0.2, 0.25) is 5.91 Å². The first kappa shape index (κ1) is 17.8. The lowest BCUT2D eigenvalue weighted by atomic mass is 10.0. The maximum Gasteiger partial charge on any atom is 0.262 e. The van der Waals surface area contributed by atoms with Gasteiger partial charge in [-0.05, 0) is 18.6 Å². The number of carbonyl (C=O) groups excluding carboxylic acids is 2. The third kappa shape index (κ3) is 3.81. The Morgan fingerprint density at radius 3 is 2.60 bits per heavy atom. The Morgan fingerprint density at radius 2 is 1.96 bits per heavy atom. The van der Waals surface area contributed by atoms with Crippen LogP contribution in [0.5, 0.6) is 0 Å². The molecule has 2 aliphatic heterocycles. The summed E-state index contributed by atoms with van der Waals surface area (Å²) < 4.78 is 27.7. The van der Waals surface area contributed by atoms with Gasteiger partial charge in [0.15, 0.2) is 0 Å². The van der Waals surface area contributed by atoms with Gasteiger partial charge in [0.1, 0.15) is 0 Å². The minimum absolute atomic E-state index is 0.0567. The van der Waals surface area contributed by atoms with E-state index in [2.05, 4.69) is 5.32 Å². The van der Waals surface area contributed by atoms with Crippen LogP contribution in [0.4, 0.5) is 8.78 Å². The number of likely N-dealkylation sites (tertiary alicyclic amines) is 2.